The summed E-state index contributed by atoms with van der Waals surface area (Å²) in [5.41, 5.74) is 0.593. The van der Waals surface area contributed by atoms with E-state index in [0.717, 1.165) is 5.56 Å². The van der Waals surface area contributed by atoms with Crippen LogP contribution in [0, 0.1) is 0 Å². The highest BCUT2D eigenvalue weighted by atomic mass is 16.3. The van der Waals surface area contributed by atoms with Crippen LogP contribution >= 0.6 is 0 Å². The SMILES string of the molecule is CCC(O)c1cc(Nc2c(N[C@H](C)c3cccc(O)c3)c(=O)c2=O)ccc1O. The van der Waals surface area contributed by atoms with Crippen molar-refractivity contribution in [1.29, 1.82) is 0 Å². The molecule has 0 amide bonds. The van der Waals surface area contributed by atoms with Crippen molar-refractivity contribution in [2.75, 3.05) is 10.6 Å². The minimum atomic E-state index is -0.835. The Labute approximate surface area is 161 Å². The highest BCUT2D eigenvalue weighted by molar-refractivity contribution is 5.79. The van der Waals surface area contributed by atoms with Gasteiger partial charge in [0, 0.05) is 17.3 Å². The average Bonchev–Trinajstić information content (AvgIpc) is 2.70. The predicted molar refractivity (Wildman–Crippen MR) is 108 cm³/mol. The zero-order valence-corrected chi connectivity index (χ0v) is 15.6. The highest BCUT2D eigenvalue weighted by Crippen LogP contribution is 2.32. The molecule has 0 saturated heterocycles. The molecule has 0 aliphatic carbocycles. The summed E-state index contributed by atoms with van der Waals surface area (Å²) in [6.07, 6.45) is -0.413. The number of benzene rings is 2. The third-order valence-corrected chi connectivity index (χ3v) is 4.68. The number of phenols is 2. The molecule has 28 heavy (non-hydrogen) atoms. The lowest BCUT2D eigenvalue weighted by molar-refractivity contribution is 0.170. The van der Waals surface area contributed by atoms with Gasteiger partial charge in [-0.15, -0.1) is 0 Å². The van der Waals surface area contributed by atoms with Crippen molar-refractivity contribution in [3.63, 3.8) is 0 Å². The van der Waals surface area contributed by atoms with Crippen molar-refractivity contribution in [3.05, 3.63) is 74.0 Å². The summed E-state index contributed by atoms with van der Waals surface area (Å²) in [5, 5.41) is 35.4. The molecule has 1 unspecified atom stereocenters. The van der Waals surface area contributed by atoms with E-state index >= 15 is 0 Å². The molecule has 0 fully saturated rings. The number of aliphatic hydroxyl groups is 1. The lowest BCUT2D eigenvalue weighted by Crippen LogP contribution is -2.37. The second-order valence-electron chi connectivity index (χ2n) is 6.69. The molecule has 7 heteroatoms. The van der Waals surface area contributed by atoms with Crippen molar-refractivity contribution in [1.82, 2.24) is 0 Å². The summed E-state index contributed by atoms with van der Waals surface area (Å²) in [7, 11) is 0. The number of anilines is 3. The van der Waals surface area contributed by atoms with E-state index in [1.54, 1.807) is 43.3 Å². The van der Waals surface area contributed by atoms with Gasteiger partial charge in [0.1, 0.15) is 22.9 Å². The van der Waals surface area contributed by atoms with Gasteiger partial charge in [0.15, 0.2) is 0 Å². The van der Waals surface area contributed by atoms with Gasteiger partial charge < -0.3 is 26.0 Å². The van der Waals surface area contributed by atoms with Gasteiger partial charge in [-0.1, -0.05) is 19.1 Å². The number of hydrogen-bond acceptors (Lipinski definition) is 7. The van der Waals surface area contributed by atoms with Crippen LogP contribution in [0.4, 0.5) is 17.1 Å². The summed E-state index contributed by atoms with van der Waals surface area (Å²) in [6, 6.07) is 10.8. The molecule has 0 radical (unpaired) electrons. The first-order valence-corrected chi connectivity index (χ1v) is 8.98. The molecule has 3 aromatic rings. The van der Waals surface area contributed by atoms with E-state index < -0.39 is 17.0 Å². The normalized spacial score (nSPS) is 13.2. The number of phenolic OH excluding ortho intramolecular Hbond substituents is 2. The lowest BCUT2D eigenvalue weighted by Gasteiger charge is -2.20. The van der Waals surface area contributed by atoms with Crippen LogP contribution in [0.5, 0.6) is 11.5 Å². The molecule has 146 valence electrons. The van der Waals surface area contributed by atoms with Crippen LogP contribution in [-0.2, 0) is 0 Å². The largest absolute Gasteiger partial charge is 0.508 e. The van der Waals surface area contributed by atoms with Crippen LogP contribution in [0.2, 0.25) is 0 Å². The maximum Gasteiger partial charge on any atom is 0.253 e. The molecule has 2 atom stereocenters. The maximum absolute atomic E-state index is 12.0. The second-order valence-corrected chi connectivity index (χ2v) is 6.69. The molecule has 0 bridgehead atoms. The standard InChI is InChI=1S/C21H22N2O5/c1-3-16(25)15-10-13(7-8-17(15)26)23-19-18(20(27)21(19)28)22-11(2)12-5-4-6-14(24)9-12/h4-11,16,22-26H,3H2,1-2H3/t11-,16?/m1/s1. The summed E-state index contributed by atoms with van der Waals surface area (Å²) in [6.45, 7) is 3.59. The first kappa shape index (κ1) is 19.4. The Hall–Kier alpha value is -3.32. The fourth-order valence-corrected chi connectivity index (χ4v) is 3.01. The van der Waals surface area contributed by atoms with E-state index in [1.807, 2.05) is 6.92 Å². The Balaban J connectivity index is 1.85. The van der Waals surface area contributed by atoms with Gasteiger partial charge in [-0.3, -0.25) is 9.59 Å². The van der Waals surface area contributed by atoms with E-state index in [2.05, 4.69) is 10.6 Å². The molecule has 7 nitrogen and oxygen atoms in total. The molecule has 0 heterocycles. The lowest BCUT2D eigenvalue weighted by atomic mass is 10.0. The summed E-state index contributed by atoms with van der Waals surface area (Å²) in [4.78, 5) is 24.1. The number of aromatic hydroxyl groups is 2. The van der Waals surface area contributed by atoms with Crippen LogP contribution in [-0.4, -0.2) is 15.3 Å². The van der Waals surface area contributed by atoms with Gasteiger partial charge in [0.25, 0.3) is 10.9 Å². The van der Waals surface area contributed by atoms with E-state index in [1.165, 1.54) is 6.07 Å². The van der Waals surface area contributed by atoms with Crippen molar-refractivity contribution in [2.24, 2.45) is 0 Å². The molecule has 0 spiro atoms. The molecule has 3 rings (SSSR count). The van der Waals surface area contributed by atoms with Crippen LogP contribution in [0.3, 0.4) is 0 Å². The van der Waals surface area contributed by atoms with Gasteiger partial charge in [0.2, 0.25) is 0 Å². The minimum Gasteiger partial charge on any atom is -0.508 e. The highest BCUT2D eigenvalue weighted by Gasteiger charge is 2.23. The molecule has 3 aromatic carbocycles. The van der Waals surface area contributed by atoms with Gasteiger partial charge >= 0.3 is 0 Å². The zero-order chi connectivity index (χ0) is 20.4. The zero-order valence-electron chi connectivity index (χ0n) is 15.6. The Morgan fingerprint density at radius 1 is 1.00 bits per heavy atom. The molecule has 0 aromatic heterocycles. The van der Waals surface area contributed by atoms with Crippen LogP contribution < -0.4 is 21.5 Å². The van der Waals surface area contributed by atoms with Gasteiger partial charge in [-0.05, 0) is 49.2 Å². The molecule has 5 N–H and O–H groups in total. The topological polar surface area (TPSA) is 119 Å². The van der Waals surface area contributed by atoms with Gasteiger partial charge in [0.05, 0.1) is 6.10 Å². The van der Waals surface area contributed by atoms with E-state index in [9.17, 15) is 24.9 Å². The summed E-state index contributed by atoms with van der Waals surface area (Å²) >= 11 is 0. The van der Waals surface area contributed by atoms with Crippen LogP contribution in [0.1, 0.15) is 43.5 Å². The van der Waals surface area contributed by atoms with Crippen molar-refractivity contribution in [3.8, 4) is 11.5 Å². The van der Waals surface area contributed by atoms with Gasteiger partial charge in [-0.2, -0.15) is 0 Å². The van der Waals surface area contributed by atoms with Gasteiger partial charge in [-0.25, -0.2) is 0 Å². The van der Waals surface area contributed by atoms with Crippen LogP contribution in [0.15, 0.2) is 52.1 Å². The number of rotatable bonds is 7. The van der Waals surface area contributed by atoms with Crippen molar-refractivity contribution < 1.29 is 15.3 Å². The third-order valence-electron chi connectivity index (χ3n) is 4.68. The second kappa shape index (κ2) is 7.74. The third kappa shape index (κ3) is 3.70. The first-order chi connectivity index (χ1) is 13.3. The smallest absolute Gasteiger partial charge is 0.253 e. The van der Waals surface area contributed by atoms with E-state index in [0.29, 0.717) is 17.7 Å². The van der Waals surface area contributed by atoms with E-state index in [4.69, 9.17) is 0 Å². The quantitative estimate of drug-likeness (QED) is 0.315. The summed E-state index contributed by atoms with van der Waals surface area (Å²) < 4.78 is 0. The van der Waals surface area contributed by atoms with E-state index in [-0.39, 0.29) is 28.9 Å². The number of hydrogen-bond donors (Lipinski definition) is 5. The van der Waals surface area contributed by atoms with Crippen molar-refractivity contribution >= 4 is 17.1 Å². The summed E-state index contributed by atoms with van der Waals surface area (Å²) in [5.74, 6) is 0.0707. The molecular formula is C21H22N2O5. The fraction of sp³-hybridized carbons (Fsp3) is 0.238. The molecule has 0 aliphatic rings. The van der Waals surface area contributed by atoms with Crippen LogP contribution in [0.25, 0.3) is 0 Å². The van der Waals surface area contributed by atoms with Crippen molar-refractivity contribution in [2.45, 2.75) is 32.4 Å². The first-order valence-electron chi connectivity index (χ1n) is 8.98. The Morgan fingerprint density at radius 2 is 1.71 bits per heavy atom. The average molecular weight is 382 g/mol. The Kier molecular flexibility index (Phi) is 5.37. The fourth-order valence-electron chi connectivity index (χ4n) is 3.01. The Bertz CT molecular complexity index is 1070. The monoisotopic (exact) mass is 382 g/mol. The predicted octanol–water partition coefficient (Wildman–Crippen LogP) is 3.05. The maximum atomic E-state index is 12.0. The number of nitrogens with one attached hydrogen (secondary N) is 2. The Morgan fingerprint density at radius 3 is 2.39 bits per heavy atom. The minimum absolute atomic E-state index is 0.0410. The molecule has 0 saturated carbocycles. The molecular weight excluding hydrogens is 360 g/mol. The molecule has 0 aliphatic heterocycles. The number of aliphatic hydroxyl groups excluding tert-OH is 1.